The highest BCUT2D eigenvalue weighted by Crippen LogP contribution is 2.37. The number of anilines is 1. The molecule has 12 heteroatoms. The van der Waals surface area contributed by atoms with E-state index in [-0.39, 0.29) is 46.5 Å². The van der Waals surface area contributed by atoms with Crippen molar-refractivity contribution >= 4 is 33.7 Å². The average Bonchev–Trinajstić information content (AvgIpc) is 3.81. The van der Waals surface area contributed by atoms with Crippen molar-refractivity contribution in [2.24, 2.45) is 5.92 Å². The predicted molar refractivity (Wildman–Crippen MR) is 156 cm³/mol. The van der Waals surface area contributed by atoms with Gasteiger partial charge in [0.15, 0.2) is 0 Å². The Kier molecular flexibility index (Phi) is 8.02. The minimum Gasteiger partial charge on any atom is -0.355 e. The largest absolute Gasteiger partial charge is 0.417 e. The zero-order valence-electron chi connectivity index (χ0n) is 23.0. The van der Waals surface area contributed by atoms with Gasteiger partial charge < -0.3 is 15.5 Å². The summed E-state index contributed by atoms with van der Waals surface area (Å²) in [6.07, 6.45) is -0.685. The second-order valence-electron chi connectivity index (χ2n) is 10.5. The van der Waals surface area contributed by atoms with E-state index < -0.39 is 23.7 Å². The molecule has 2 aromatic carbocycles. The molecule has 0 bridgehead atoms. The minimum atomic E-state index is -4.63. The number of nitrogens with one attached hydrogen (secondary N) is 2. The lowest BCUT2D eigenvalue weighted by atomic mass is 9.98. The van der Waals surface area contributed by atoms with Gasteiger partial charge in [0, 0.05) is 40.3 Å². The number of hydrogen-bond acceptors (Lipinski definition) is 5. The average molecular weight is 644 g/mol. The van der Waals surface area contributed by atoms with E-state index in [0.29, 0.717) is 28.4 Å². The van der Waals surface area contributed by atoms with Gasteiger partial charge in [0.1, 0.15) is 0 Å². The number of benzene rings is 2. The fourth-order valence-corrected chi connectivity index (χ4v) is 5.66. The molecule has 8 nitrogen and oxygen atoms in total. The third-order valence-electron chi connectivity index (χ3n) is 7.69. The predicted octanol–water partition coefficient (Wildman–Crippen LogP) is 5.34. The van der Waals surface area contributed by atoms with Gasteiger partial charge in [-0.2, -0.15) is 13.2 Å². The SMILES string of the molecule is C=CC(Nc1nc2c(c(=O)n1-c1ccc(C(=O)NC)cc1)CC(C)N(C(=O)c1ccc(Br)c(C(F)(F)F)c1)C2)C1CC1. The second-order valence-corrected chi connectivity index (χ2v) is 11.4. The fourth-order valence-electron chi connectivity index (χ4n) is 5.19. The zero-order valence-corrected chi connectivity index (χ0v) is 24.6. The van der Waals surface area contributed by atoms with Crippen LogP contribution < -0.4 is 16.2 Å². The number of carbonyl (C=O) groups excluding carboxylic acids is 2. The van der Waals surface area contributed by atoms with Crippen LogP contribution in [-0.4, -0.2) is 45.4 Å². The summed E-state index contributed by atoms with van der Waals surface area (Å²) in [5.41, 5.74) is 0.356. The van der Waals surface area contributed by atoms with Gasteiger partial charge in [-0.1, -0.05) is 22.0 Å². The Morgan fingerprint density at radius 1 is 1.14 bits per heavy atom. The normalized spacial score (nSPS) is 17.3. The molecule has 0 spiro atoms. The molecule has 3 aromatic rings. The van der Waals surface area contributed by atoms with Gasteiger partial charge in [-0.05, 0) is 74.6 Å². The number of amides is 2. The number of hydrogen-bond donors (Lipinski definition) is 2. The first-order valence-electron chi connectivity index (χ1n) is 13.5. The lowest BCUT2D eigenvalue weighted by Gasteiger charge is -2.35. The van der Waals surface area contributed by atoms with Crippen LogP contribution in [0.5, 0.6) is 0 Å². The highest BCUT2D eigenvalue weighted by atomic mass is 79.9. The van der Waals surface area contributed by atoms with E-state index >= 15 is 0 Å². The number of carbonyl (C=O) groups is 2. The number of fused-ring (bicyclic) bond motifs is 1. The Hall–Kier alpha value is -3.93. The van der Waals surface area contributed by atoms with Crippen LogP contribution in [0.25, 0.3) is 5.69 Å². The molecule has 2 atom stereocenters. The minimum absolute atomic E-state index is 0.0463. The maximum Gasteiger partial charge on any atom is 0.417 e. The summed E-state index contributed by atoms with van der Waals surface area (Å²) in [5, 5.41) is 5.90. The molecule has 2 unspecified atom stereocenters. The lowest BCUT2D eigenvalue weighted by Crippen LogP contribution is -2.46. The summed E-state index contributed by atoms with van der Waals surface area (Å²) >= 11 is 2.92. The van der Waals surface area contributed by atoms with Crippen molar-refractivity contribution in [3.8, 4) is 5.69 Å². The van der Waals surface area contributed by atoms with Crippen LogP contribution in [0.4, 0.5) is 19.1 Å². The number of halogens is 4. The van der Waals surface area contributed by atoms with Gasteiger partial charge in [0.2, 0.25) is 5.95 Å². The monoisotopic (exact) mass is 643 g/mol. The van der Waals surface area contributed by atoms with Crippen LogP contribution in [0.1, 0.15) is 57.3 Å². The summed E-state index contributed by atoms with van der Waals surface area (Å²) in [4.78, 5) is 45.8. The summed E-state index contributed by atoms with van der Waals surface area (Å²) in [6.45, 7) is 5.62. The van der Waals surface area contributed by atoms with E-state index in [0.717, 1.165) is 18.9 Å². The fraction of sp³-hybridized carbons (Fsp3) is 0.333. The number of nitrogens with zero attached hydrogens (tertiary/aromatic N) is 3. The standard InChI is InChI=1S/C30H29BrF3N5O3/c1-4-24(17-5-6-17)36-29-37-25-15-38(27(41)19-9-12-23(31)22(14-19)30(32,33)34)16(2)13-21(25)28(42)39(29)20-10-7-18(8-11-20)26(40)35-3/h4,7-12,14,16-17,24H,1,5-6,13,15H2,2-3H3,(H,35,40)(H,36,37). The van der Waals surface area contributed by atoms with Crippen LogP contribution in [0, 0.1) is 5.92 Å². The lowest BCUT2D eigenvalue weighted by molar-refractivity contribution is -0.138. The molecule has 220 valence electrons. The third-order valence-corrected chi connectivity index (χ3v) is 8.38. The summed E-state index contributed by atoms with van der Waals surface area (Å²) < 4.78 is 41.8. The van der Waals surface area contributed by atoms with Crippen LogP contribution >= 0.6 is 15.9 Å². The van der Waals surface area contributed by atoms with Gasteiger partial charge in [-0.3, -0.25) is 14.4 Å². The zero-order chi connectivity index (χ0) is 30.3. The first kappa shape index (κ1) is 29.6. The van der Waals surface area contributed by atoms with Crippen molar-refractivity contribution in [3.63, 3.8) is 0 Å². The van der Waals surface area contributed by atoms with Gasteiger partial charge >= 0.3 is 6.18 Å². The Morgan fingerprint density at radius 3 is 2.40 bits per heavy atom. The Morgan fingerprint density at radius 2 is 1.81 bits per heavy atom. The summed E-state index contributed by atoms with van der Waals surface area (Å²) in [5.74, 6) is -0.243. The maximum atomic E-state index is 14.0. The molecule has 1 saturated carbocycles. The Labute approximate surface area is 248 Å². The van der Waals surface area contributed by atoms with E-state index in [1.165, 1.54) is 28.6 Å². The first-order valence-corrected chi connectivity index (χ1v) is 14.3. The second kappa shape index (κ2) is 11.4. The molecule has 1 aliphatic heterocycles. The van der Waals surface area contributed by atoms with Crippen LogP contribution in [0.15, 0.2) is 64.4 Å². The topological polar surface area (TPSA) is 96.3 Å². The van der Waals surface area contributed by atoms with E-state index in [2.05, 4.69) is 33.1 Å². The van der Waals surface area contributed by atoms with Crippen molar-refractivity contribution in [2.45, 2.75) is 51.0 Å². The van der Waals surface area contributed by atoms with E-state index in [4.69, 9.17) is 4.98 Å². The van der Waals surface area contributed by atoms with Crippen LogP contribution in [0.2, 0.25) is 0 Å². The molecule has 0 radical (unpaired) electrons. The quantitative estimate of drug-likeness (QED) is 0.339. The third kappa shape index (κ3) is 5.72. The smallest absolute Gasteiger partial charge is 0.355 e. The van der Waals surface area contributed by atoms with Crippen molar-refractivity contribution in [2.75, 3.05) is 12.4 Å². The highest BCUT2D eigenvalue weighted by molar-refractivity contribution is 9.10. The summed E-state index contributed by atoms with van der Waals surface area (Å²) in [7, 11) is 1.53. The van der Waals surface area contributed by atoms with E-state index in [1.54, 1.807) is 37.3 Å². The highest BCUT2D eigenvalue weighted by Gasteiger charge is 2.36. The number of aromatic nitrogens is 2. The molecule has 2 heterocycles. The van der Waals surface area contributed by atoms with Gasteiger partial charge in [0.05, 0.1) is 23.5 Å². The van der Waals surface area contributed by atoms with Crippen molar-refractivity contribution in [1.29, 1.82) is 0 Å². The molecule has 2 amide bonds. The molecule has 2 N–H and O–H groups in total. The maximum absolute atomic E-state index is 14.0. The molecule has 5 rings (SSSR count). The number of alkyl halides is 3. The molecule has 1 aromatic heterocycles. The first-order chi connectivity index (χ1) is 19.9. The Bertz CT molecular complexity index is 1620. The molecular weight excluding hydrogens is 615 g/mol. The van der Waals surface area contributed by atoms with Crippen molar-refractivity contribution in [1.82, 2.24) is 19.8 Å². The molecule has 2 aliphatic rings. The van der Waals surface area contributed by atoms with Crippen LogP contribution in [0.3, 0.4) is 0 Å². The molecule has 1 aliphatic carbocycles. The van der Waals surface area contributed by atoms with E-state index in [9.17, 15) is 27.6 Å². The number of rotatable bonds is 7. The molecule has 42 heavy (non-hydrogen) atoms. The van der Waals surface area contributed by atoms with E-state index in [1.807, 2.05) is 0 Å². The van der Waals surface area contributed by atoms with Gasteiger partial charge in [-0.25, -0.2) is 9.55 Å². The van der Waals surface area contributed by atoms with Gasteiger partial charge in [-0.15, -0.1) is 6.58 Å². The molecule has 0 saturated heterocycles. The van der Waals surface area contributed by atoms with Crippen molar-refractivity contribution in [3.05, 3.63) is 97.9 Å². The molecule has 1 fully saturated rings. The molecular formula is C30H29BrF3N5O3. The Balaban J connectivity index is 1.55. The van der Waals surface area contributed by atoms with Crippen LogP contribution in [-0.2, 0) is 19.1 Å². The van der Waals surface area contributed by atoms with Gasteiger partial charge in [0.25, 0.3) is 17.4 Å². The summed E-state index contributed by atoms with van der Waals surface area (Å²) in [6, 6.07) is 9.33. The van der Waals surface area contributed by atoms with Crippen molar-refractivity contribution < 1.29 is 22.8 Å².